The van der Waals surface area contributed by atoms with Gasteiger partial charge in [0.25, 0.3) is 0 Å². The summed E-state index contributed by atoms with van der Waals surface area (Å²) in [6.45, 7) is 1.45. The predicted octanol–water partition coefficient (Wildman–Crippen LogP) is 0.334. The lowest BCUT2D eigenvalue weighted by atomic mass is 10.1. The molecule has 0 aromatic carbocycles. The molecule has 0 amide bonds. The van der Waals surface area contributed by atoms with Crippen molar-refractivity contribution >= 4 is 0 Å². The van der Waals surface area contributed by atoms with E-state index in [0.717, 1.165) is 6.54 Å². The van der Waals surface area contributed by atoms with Gasteiger partial charge in [-0.3, -0.25) is 0 Å². The quantitative estimate of drug-likeness (QED) is 0.586. The van der Waals surface area contributed by atoms with Crippen molar-refractivity contribution in [3.8, 4) is 0 Å². The lowest BCUT2D eigenvalue weighted by molar-refractivity contribution is 0.0558. The van der Waals surface area contributed by atoms with Gasteiger partial charge in [-0.2, -0.15) is 0 Å². The first-order valence-electron chi connectivity index (χ1n) is 3.15. The maximum atomic E-state index is 13.1. The van der Waals surface area contributed by atoms with Gasteiger partial charge in [-0.25, -0.2) is 4.39 Å². The van der Waals surface area contributed by atoms with Gasteiger partial charge in [0.15, 0.2) is 0 Å². The molecule has 54 valence electrons. The van der Waals surface area contributed by atoms with Crippen molar-refractivity contribution in [1.29, 1.82) is 0 Å². The van der Waals surface area contributed by atoms with Gasteiger partial charge in [0.2, 0.25) is 0 Å². The van der Waals surface area contributed by atoms with Gasteiger partial charge in [-0.15, -0.1) is 0 Å². The standard InChI is InChI=1S/C6H12FNO/c1-9-5-6(7)2-3-8-4-6/h8H,2-5H2,1H3/t6-/m1/s1. The molecule has 1 aliphatic heterocycles. The zero-order valence-corrected chi connectivity index (χ0v) is 5.61. The van der Waals surface area contributed by atoms with Crippen molar-refractivity contribution < 1.29 is 9.13 Å². The molecule has 0 bridgehead atoms. The molecule has 9 heavy (non-hydrogen) atoms. The van der Waals surface area contributed by atoms with Crippen LogP contribution in [0.5, 0.6) is 0 Å². The summed E-state index contributed by atoms with van der Waals surface area (Å²) in [7, 11) is 1.53. The lowest BCUT2D eigenvalue weighted by Crippen LogP contribution is -2.31. The minimum atomic E-state index is -1.09. The highest BCUT2D eigenvalue weighted by atomic mass is 19.1. The number of ether oxygens (including phenoxy) is 1. The third-order valence-corrected chi connectivity index (χ3v) is 1.59. The van der Waals surface area contributed by atoms with Crippen molar-refractivity contribution in [3.05, 3.63) is 0 Å². The van der Waals surface area contributed by atoms with E-state index in [4.69, 9.17) is 4.74 Å². The van der Waals surface area contributed by atoms with Gasteiger partial charge >= 0.3 is 0 Å². The average Bonchev–Trinajstić information content (AvgIpc) is 2.16. The molecule has 1 atom stereocenters. The Morgan fingerprint density at radius 1 is 1.78 bits per heavy atom. The highest BCUT2D eigenvalue weighted by molar-refractivity contribution is 4.87. The van der Waals surface area contributed by atoms with E-state index >= 15 is 0 Å². The Bertz CT molecular complexity index is 91.1. The monoisotopic (exact) mass is 133 g/mol. The van der Waals surface area contributed by atoms with Crippen LogP contribution < -0.4 is 5.32 Å². The molecule has 1 fully saturated rings. The number of halogens is 1. The van der Waals surface area contributed by atoms with Gasteiger partial charge < -0.3 is 10.1 Å². The van der Waals surface area contributed by atoms with Crippen LogP contribution in [0.4, 0.5) is 4.39 Å². The molecule has 1 rings (SSSR count). The van der Waals surface area contributed by atoms with Crippen LogP contribution in [0.15, 0.2) is 0 Å². The first-order valence-corrected chi connectivity index (χ1v) is 3.15. The smallest absolute Gasteiger partial charge is 0.147 e. The van der Waals surface area contributed by atoms with Crippen LogP contribution in [-0.2, 0) is 4.74 Å². The molecule has 1 aliphatic rings. The SMILES string of the molecule is COC[C@@]1(F)CCNC1. The first kappa shape index (κ1) is 6.96. The molecule has 0 spiro atoms. The second kappa shape index (κ2) is 2.62. The minimum Gasteiger partial charge on any atom is -0.381 e. The molecule has 0 unspecified atom stereocenters. The number of nitrogens with one attached hydrogen (secondary N) is 1. The summed E-state index contributed by atoms with van der Waals surface area (Å²) in [5.41, 5.74) is -1.09. The van der Waals surface area contributed by atoms with Crippen molar-refractivity contribution in [2.45, 2.75) is 12.1 Å². The van der Waals surface area contributed by atoms with Crippen LogP contribution in [0, 0.1) is 0 Å². The number of hydrogen-bond acceptors (Lipinski definition) is 2. The molecular weight excluding hydrogens is 121 g/mol. The second-order valence-corrected chi connectivity index (χ2v) is 2.51. The van der Waals surface area contributed by atoms with Crippen LogP contribution in [-0.4, -0.2) is 32.5 Å². The van der Waals surface area contributed by atoms with Crippen molar-refractivity contribution in [2.24, 2.45) is 0 Å². The van der Waals surface area contributed by atoms with Crippen LogP contribution in [0.25, 0.3) is 0 Å². The normalized spacial score (nSPS) is 35.3. The fourth-order valence-electron chi connectivity index (χ4n) is 1.10. The summed E-state index contributed by atoms with van der Waals surface area (Å²) in [6.07, 6.45) is 0.584. The summed E-state index contributed by atoms with van der Waals surface area (Å²) in [6, 6.07) is 0. The minimum absolute atomic E-state index is 0.222. The first-order chi connectivity index (χ1) is 4.27. The molecule has 2 nitrogen and oxygen atoms in total. The van der Waals surface area contributed by atoms with Crippen molar-refractivity contribution in [1.82, 2.24) is 5.32 Å². The van der Waals surface area contributed by atoms with Crippen LogP contribution in [0.2, 0.25) is 0 Å². The predicted molar refractivity (Wildman–Crippen MR) is 33.2 cm³/mol. The topological polar surface area (TPSA) is 21.3 Å². The molecule has 0 radical (unpaired) electrons. The zero-order valence-electron chi connectivity index (χ0n) is 5.61. The van der Waals surface area contributed by atoms with E-state index in [1.807, 2.05) is 0 Å². The van der Waals surface area contributed by atoms with Gasteiger partial charge in [-0.1, -0.05) is 0 Å². The van der Waals surface area contributed by atoms with E-state index in [9.17, 15) is 4.39 Å². The van der Waals surface area contributed by atoms with Crippen LogP contribution in [0.1, 0.15) is 6.42 Å². The number of hydrogen-bond donors (Lipinski definition) is 1. The average molecular weight is 133 g/mol. The van der Waals surface area contributed by atoms with Gasteiger partial charge in [0, 0.05) is 13.7 Å². The van der Waals surface area contributed by atoms with Crippen molar-refractivity contribution in [3.63, 3.8) is 0 Å². The number of alkyl halides is 1. The lowest BCUT2D eigenvalue weighted by Gasteiger charge is -2.15. The summed E-state index contributed by atoms with van der Waals surface area (Å²) in [4.78, 5) is 0. The Labute approximate surface area is 54.4 Å². The highest BCUT2D eigenvalue weighted by Gasteiger charge is 2.33. The van der Waals surface area contributed by atoms with Gasteiger partial charge in [0.05, 0.1) is 6.61 Å². The Morgan fingerprint density at radius 2 is 2.56 bits per heavy atom. The van der Waals surface area contributed by atoms with Gasteiger partial charge in [-0.05, 0) is 13.0 Å². The largest absolute Gasteiger partial charge is 0.381 e. The Morgan fingerprint density at radius 3 is 3.00 bits per heavy atom. The molecular formula is C6H12FNO. The third-order valence-electron chi connectivity index (χ3n) is 1.59. The maximum absolute atomic E-state index is 13.1. The Balaban J connectivity index is 2.32. The fourth-order valence-corrected chi connectivity index (χ4v) is 1.10. The molecule has 3 heteroatoms. The van der Waals surface area contributed by atoms with Crippen LogP contribution in [0.3, 0.4) is 0 Å². The molecule has 0 aromatic rings. The van der Waals surface area contributed by atoms with E-state index < -0.39 is 5.67 Å². The number of rotatable bonds is 2. The molecule has 0 aromatic heterocycles. The molecule has 0 saturated carbocycles. The summed E-state index contributed by atoms with van der Waals surface area (Å²) < 4.78 is 17.8. The van der Waals surface area contributed by atoms with E-state index in [1.54, 1.807) is 0 Å². The van der Waals surface area contributed by atoms with Crippen molar-refractivity contribution in [2.75, 3.05) is 26.8 Å². The molecule has 0 aliphatic carbocycles. The summed E-state index contributed by atoms with van der Waals surface area (Å²) in [5, 5.41) is 2.94. The molecule has 1 N–H and O–H groups in total. The van der Waals surface area contributed by atoms with Crippen LogP contribution >= 0.6 is 0 Å². The molecule has 1 heterocycles. The van der Waals surface area contributed by atoms with E-state index in [0.29, 0.717) is 13.0 Å². The zero-order chi connectivity index (χ0) is 6.74. The third kappa shape index (κ3) is 1.63. The fraction of sp³-hybridized carbons (Fsp3) is 1.00. The molecule has 1 saturated heterocycles. The summed E-state index contributed by atoms with van der Waals surface area (Å²) >= 11 is 0. The maximum Gasteiger partial charge on any atom is 0.147 e. The van der Waals surface area contributed by atoms with E-state index in [-0.39, 0.29) is 6.61 Å². The van der Waals surface area contributed by atoms with E-state index in [2.05, 4.69) is 5.32 Å². The Kier molecular flexibility index (Phi) is 2.03. The second-order valence-electron chi connectivity index (χ2n) is 2.51. The van der Waals surface area contributed by atoms with Gasteiger partial charge in [0.1, 0.15) is 5.67 Å². The summed E-state index contributed by atoms with van der Waals surface area (Å²) in [5.74, 6) is 0. The van der Waals surface area contributed by atoms with E-state index in [1.165, 1.54) is 7.11 Å². The Hall–Kier alpha value is -0.150. The highest BCUT2D eigenvalue weighted by Crippen LogP contribution is 2.19. The number of methoxy groups -OCH3 is 1.